The summed E-state index contributed by atoms with van der Waals surface area (Å²) in [6, 6.07) is -0.962. The molecule has 0 aromatic heterocycles. The summed E-state index contributed by atoms with van der Waals surface area (Å²) >= 11 is 0. The minimum Gasteiger partial charge on any atom is -0.394 e. The summed E-state index contributed by atoms with van der Waals surface area (Å²) in [5.41, 5.74) is 0. The Kier molecular flexibility index (Phi) is 24.2. The summed E-state index contributed by atoms with van der Waals surface area (Å²) in [5.74, 6) is -0.367. The predicted molar refractivity (Wildman–Crippen MR) is 208 cm³/mol. The first-order chi connectivity index (χ1) is 28.3. The second kappa shape index (κ2) is 27.6. The van der Waals surface area contributed by atoms with Crippen LogP contribution >= 0.6 is 0 Å². The maximum atomic E-state index is 12.3. The Morgan fingerprint density at radius 3 is 1.53 bits per heavy atom. The Balaban J connectivity index is 1.51. The number of nitrogens with one attached hydrogen (secondary N) is 1. The molecule has 0 saturated carbocycles. The molecule has 3 saturated heterocycles. The van der Waals surface area contributed by atoms with Gasteiger partial charge in [-0.05, 0) is 12.8 Å². The molecular formula is C40H73NO18. The molecule has 3 aliphatic heterocycles. The van der Waals surface area contributed by atoms with Crippen LogP contribution in [-0.2, 0) is 33.2 Å². The van der Waals surface area contributed by atoms with Gasteiger partial charge in [-0.2, -0.15) is 0 Å². The normalized spacial score (nSPS) is 36.5. The van der Waals surface area contributed by atoms with Gasteiger partial charge in [0.2, 0.25) is 5.91 Å². The fourth-order valence-corrected chi connectivity index (χ4v) is 7.39. The van der Waals surface area contributed by atoms with Crippen molar-refractivity contribution < 1.29 is 89.4 Å². The zero-order chi connectivity index (χ0) is 43.5. The van der Waals surface area contributed by atoms with Gasteiger partial charge in [-0.1, -0.05) is 96.6 Å². The zero-order valence-corrected chi connectivity index (χ0v) is 34.5. The molecule has 0 bridgehead atoms. The zero-order valence-electron chi connectivity index (χ0n) is 34.5. The summed E-state index contributed by atoms with van der Waals surface area (Å²) in [4.78, 5) is 12.3. The summed E-state index contributed by atoms with van der Waals surface area (Å²) in [6.45, 7) is 1.09. The standard InChI is InChI=1S/C40H73NO18/c1-3-5-6-7-8-9-10-11-12-13-14-15-16-17-18-24(45)23(41-28(46)4-2)22-54-38-34(52)31(49)36(26(20-43)56-38)59-40-35(53)32(50)37(27(21-44)57-40)58-39-33(51)30(48)29(47)25(19-42)55-39/h17-18,23-27,29-40,42-45,47-53H,3-16,19-22H2,1-2H3,(H,41,46)/b18-17+. The largest absolute Gasteiger partial charge is 0.394 e. The lowest BCUT2D eigenvalue weighted by Gasteiger charge is -2.48. The molecule has 0 spiro atoms. The van der Waals surface area contributed by atoms with Crippen LogP contribution in [0, 0.1) is 0 Å². The highest BCUT2D eigenvalue weighted by Crippen LogP contribution is 2.33. The van der Waals surface area contributed by atoms with E-state index in [0.717, 1.165) is 25.7 Å². The fraction of sp³-hybridized carbons (Fsp3) is 0.925. The van der Waals surface area contributed by atoms with Gasteiger partial charge in [0.05, 0.1) is 38.6 Å². The van der Waals surface area contributed by atoms with Gasteiger partial charge in [0.15, 0.2) is 18.9 Å². The highest BCUT2D eigenvalue weighted by atomic mass is 16.8. The lowest BCUT2D eigenvalue weighted by molar-refractivity contribution is -0.379. The van der Waals surface area contributed by atoms with E-state index in [2.05, 4.69) is 12.2 Å². The number of aliphatic hydroxyl groups is 11. The van der Waals surface area contributed by atoms with E-state index < -0.39 is 124 Å². The van der Waals surface area contributed by atoms with E-state index in [0.29, 0.717) is 0 Å². The lowest BCUT2D eigenvalue weighted by atomic mass is 9.96. The Hall–Kier alpha value is -1.47. The Morgan fingerprint density at radius 2 is 1.03 bits per heavy atom. The third-order valence-corrected chi connectivity index (χ3v) is 11.1. The van der Waals surface area contributed by atoms with Crippen molar-refractivity contribution in [2.75, 3.05) is 26.4 Å². The summed E-state index contributed by atoms with van der Waals surface area (Å²) in [6.07, 6.45) is -7.71. The van der Waals surface area contributed by atoms with Crippen LogP contribution in [0.3, 0.4) is 0 Å². The second-order valence-electron chi connectivity index (χ2n) is 15.8. The molecule has 3 fully saturated rings. The fourth-order valence-electron chi connectivity index (χ4n) is 7.39. The highest BCUT2D eigenvalue weighted by Gasteiger charge is 2.53. The first-order valence-corrected chi connectivity index (χ1v) is 21.4. The van der Waals surface area contributed by atoms with Crippen LogP contribution in [0.15, 0.2) is 12.2 Å². The minimum absolute atomic E-state index is 0.125. The molecule has 0 radical (unpaired) electrons. The number of hydrogen-bond acceptors (Lipinski definition) is 18. The molecule has 0 aliphatic carbocycles. The Morgan fingerprint density at radius 1 is 0.593 bits per heavy atom. The summed E-state index contributed by atoms with van der Waals surface area (Å²) < 4.78 is 33.6. The van der Waals surface area contributed by atoms with E-state index >= 15 is 0 Å². The molecule has 1 amide bonds. The third kappa shape index (κ3) is 15.7. The predicted octanol–water partition coefficient (Wildman–Crippen LogP) is -1.65. The lowest BCUT2D eigenvalue weighted by Crippen LogP contribution is -2.66. The number of rotatable bonds is 27. The number of carbonyl (C=O) groups excluding carboxylic acids is 1. The number of carbonyl (C=O) groups is 1. The molecule has 12 N–H and O–H groups in total. The molecule has 17 atom stereocenters. The first-order valence-electron chi connectivity index (χ1n) is 21.4. The van der Waals surface area contributed by atoms with Crippen molar-refractivity contribution in [2.24, 2.45) is 0 Å². The van der Waals surface area contributed by atoms with E-state index in [1.54, 1.807) is 13.0 Å². The molecule has 59 heavy (non-hydrogen) atoms. The van der Waals surface area contributed by atoms with Crippen molar-refractivity contribution in [3.63, 3.8) is 0 Å². The van der Waals surface area contributed by atoms with Crippen LogP contribution in [0.4, 0.5) is 0 Å². The van der Waals surface area contributed by atoms with Gasteiger partial charge in [-0.25, -0.2) is 0 Å². The van der Waals surface area contributed by atoms with E-state index in [4.69, 9.17) is 28.4 Å². The third-order valence-electron chi connectivity index (χ3n) is 11.1. The topological polar surface area (TPSA) is 307 Å². The number of unbranched alkanes of at least 4 members (excludes halogenated alkanes) is 12. The van der Waals surface area contributed by atoms with Crippen molar-refractivity contribution in [3.8, 4) is 0 Å². The number of hydrogen-bond donors (Lipinski definition) is 12. The molecule has 0 aromatic rings. The number of aliphatic hydroxyl groups excluding tert-OH is 11. The van der Waals surface area contributed by atoms with Crippen molar-refractivity contribution in [3.05, 3.63) is 12.2 Å². The molecule has 3 rings (SSSR count). The smallest absolute Gasteiger partial charge is 0.220 e. The highest BCUT2D eigenvalue weighted by molar-refractivity contribution is 5.75. The van der Waals surface area contributed by atoms with Gasteiger partial charge in [0.25, 0.3) is 0 Å². The van der Waals surface area contributed by atoms with Gasteiger partial charge in [-0.3, -0.25) is 4.79 Å². The van der Waals surface area contributed by atoms with Gasteiger partial charge in [0, 0.05) is 6.42 Å². The molecule has 3 aliphatic rings. The van der Waals surface area contributed by atoms with Gasteiger partial charge >= 0.3 is 0 Å². The molecule has 346 valence electrons. The summed E-state index contributed by atoms with van der Waals surface area (Å²) in [7, 11) is 0. The quantitative estimate of drug-likeness (QED) is 0.0326. The van der Waals surface area contributed by atoms with Gasteiger partial charge in [-0.15, -0.1) is 0 Å². The maximum absolute atomic E-state index is 12.3. The SMILES string of the molecule is CCCCCCCCCCCCCC/C=C/C(O)C(COC1OC(CO)C(OC2OC(CO)C(OC3OC(CO)C(O)C(O)C3O)C(O)C2O)C(O)C1O)NC(=O)CC. The summed E-state index contributed by atoms with van der Waals surface area (Å²) in [5, 5.41) is 118. The van der Waals surface area contributed by atoms with Crippen LogP contribution in [0.1, 0.15) is 104 Å². The number of allylic oxidation sites excluding steroid dienone is 1. The van der Waals surface area contributed by atoms with Crippen LogP contribution in [-0.4, -0.2) is 193 Å². The molecule has 17 unspecified atom stereocenters. The van der Waals surface area contributed by atoms with E-state index in [9.17, 15) is 61.0 Å². The Labute approximate surface area is 346 Å². The molecule has 0 aromatic carbocycles. The minimum atomic E-state index is -1.97. The second-order valence-corrected chi connectivity index (χ2v) is 15.8. The van der Waals surface area contributed by atoms with Crippen molar-refractivity contribution >= 4 is 5.91 Å². The Bertz CT molecular complexity index is 1170. The van der Waals surface area contributed by atoms with E-state index in [1.165, 1.54) is 57.8 Å². The number of ether oxygens (including phenoxy) is 6. The van der Waals surface area contributed by atoms with Crippen molar-refractivity contribution in [1.82, 2.24) is 5.32 Å². The van der Waals surface area contributed by atoms with Gasteiger partial charge in [0.1, 0.15) is 73.2 Å². The monoisotopic (exact) mass is 855 g/mol. The van der Waals surface area contributed by atoms with Crippen LogP contribution in [0.2, 0.25) is 0 Å². The first kappa shape index (κ1) is 51.9. The average molecular weight is 856 g/mol. The number of amides is 1. The molecule has 3 heterocycles. The molecular weight excluding hydrogens is 782 g/mol. The molecule has 19 heteroatoms. The van der Waals surface area contributed by atoms with E-state index in [1.807, 2.05) is 6.08 Å². The van der Waals surface area contributed by atoms with Crippen LogP contribution in [0.25, 0.3) is 0 Å². The van der Waals surface area contributed by atoms with Crippen LogP contribution < -0.4 is 5.32 Å². The van der Waals surface area contributed by atoms with E-state index in [-0.39, 0.29) is 18.9 Å². The van der Waals surface area contributed by atoms with Crippen molar-refractivity contribution in [2.45, 2.75) is 208 Å². The van der Waals surface area contributed by atoms with Crippen molar-refractivity contribution in [1.29, 1.82) is 0 Å². The molecule has 19 nitrogen and oxygen atoms in total. The average Bonchev–Trinajstić information content (AvgIpc) is 3.23. The van der Waals surface area contributed by atoms with Crippen LogP contribution in [0.5, 0.6) is 0 Å². The maximum Gasteiger partial charge on any atom is 0.220 e. The van der Waals surface area contributed by atoms with Gasteiger partial charge < -0.3 is 89.9 Å².